The second-order valence-electron chi connectivity index (χ2n) is 6.58. The zero-order valence-corrected chi connectivity index (χ0v) is 15.7. The number of urea groups is 1. The summed E-state index contributed by atoms with van der Waals surface area (Å²) >= 11 is 6.00. The molecule has 2 aromatic carbocycles. The maximum absolute atomic E-state index is 14.1. The van der Waals surface area contributed by atoms with Crippen LogP contribution in [0.2, 0.25) is 5.02 Å². The monoisotopic (exact) mass is 407 g/mol. The van der Waals surface area contributed by atoms with Gasteiger partial charge in [0.05, 0.1) is 0 Å². The normalized spacial score (nSPS) is 19.0. The van der Waals surface area contributed by atoms with Gasteiger partial charge in [0, 0.05) is 16.3 Å². The number of imide groups is 1. The van der Waals surface area contributed by atoms with Crippen molar-refractivity contribution in [1.29, 1.82) is 0 Å². The van der Waals surface area contributed by atoms with Gasteiger partial charge in [0.25, 0.3) is 5.91 Å². The van der Waals surface area contributed by atoms with Crippen molar-refractivity contribution in [1.82, 2.24) is 10.2 Å². The summed E-state index contributed by atoms with van der Waals surface area (Å²) in [5, 5.41) is 5.31. The molecule has 1 fully saturated rings. The van der Waals surface area contributed by atoms with E-state index < -0.39 is 41.6 Å². The smallest absolute Gasteiger partial charge is 0.324 e. The summed E-state index contributed by atoms with van der Waals surface area (Å²) in [6, 6.07) is 6.59. The van der Waals surface area contributed by atoms with Crippen molar-refractivity contribution in [3.8, 4) is 0 Å². The van der Waals surface area contributed by atoms with E-state index in [2.05, 4.69) is 10.6 Å². The van der Waals surface area contributed by atoms with Crippen LogP contribution in [0.5, 0.6) is 0 Å². The van der Waals surface area contributed by atoms with Crippen molar-refractivity contribution in [2.75, 3.05) is 11.9 Å². The molecule has 0 spiro atoms. The molecule has 0 radical (unpaired) electrons. The number of carbonyl (C=O) groups is 3. The Balaban J connectivity index is 1.79. The number of nitrogens with one attached hydrogen (secondary N) is 2. The fourth-order valence-electron chi connectivity index (χ4n) is 2.92. The molecule has 9 heteroatoms. The highest BCUT2D eigenvalue weighted by atomic mass is 35.5. The van der Waals surface area contributed by atoms with Crippen molar-refractivity contribution in [3.05, 3.63) is 64.2 Å². The number of amides is 4. The van der Waals surface area contributed by atoms with Gasteiger partial charge in [0.15, 0.2) is 0 Å². The first-order chi connectivity index (χ1) is 13.1. The molecule has 1 saturated heterocycles. The van der Waals surface area contributed by atoms with Gasteiger partial charge in [-0.2, -0.15) is 0 Å². The summed E-state index contributed by atoms with van der Waals surface area (Å²) in [7, 11) is 0. The Labute approximate surface area is 164 Å². The molecule has 146 valence electrons. The van der Waals surface area contributed by atoms with Gasteiger partial charge >= 0.3 is 6.03 Å². The van der Waals surface area contributed by atoms with E-state index in [0.29, 0.717) is 15.6 Å². The molecule has 0 aliphatic carbocycles. The topological polar surface area (TPSA) is 78.5 Å². The molecular weight excluding hydrogens is 392 g/mol. The summed E-state index contributed by atoms with van der Waals surface area (Å²) in [4.78, 5) is 37.9. The molecule has 0 bridgehead atoms. The van der Waals surface area contributed by atoms with Crippen molar-refractivity contribution >= 4 is 35.1 Å². The zero-order valence-electron chi connectivity index (χ0n) is 15.0. The highest BCUT2D eigenvalue weighted by molar-refractivity contribution is 6.31. The Morgan fingerprint density at radius 3 is 2.61 bits per heavy atom. The van der Waals surface area contributed by atoms with Gasteiger partial charge in [-0.15, -0.1) is 0 Å². The van der Waals surface area contributed by atoms with Crippen molar-refractivity contribution in [3.63, 3.8) is 0 Å². The number of rotatable bonds is 4. The molecule has 1 aliphatic heterocycles. The third kappa shape index (κ3) is 3.55. The van der Waals surface area contributed by atoms with E-state index in [1.165, 1.54) is 13.0 Å². The molecule has 2 N–H and O–H groups in total. The van der Waals surface area contributed by atoms with Crippen LogP contribution in [0.15, 0.2) is 36.4 Å². The Bertz CT molecular complexity index is 998. The number of halogens is 3. The van der Waals surface area contributed by atoms with Crippen LogP contribution in [0, 0.1) is 18.6 Å². The van der Waals surface area contributed by atoms with Gasteiger partial charge in [-0.05, 0) is 49.7 Å². The quantitative estimate of drug-likeness (QED) is 0.763. The summed E-state index contributed by atoms with van der Waals surface area (Å²) in [6.45, 7) is 2.46. The van der Waals surface area contributed by atoms with E-state index >= 15 is 0 Å². The van der Waals surface area contributed by atoms with Gasteiger partial charge < -0.3 is 10.6 Å². The second-order valence-corrected chi connectivity index (χ2v) is 6.99. The largest absolute Gasteiger partial charge is 0.325 e. The molecule has 2 aromatic rings. The van der Waals surface area contributed by atoms with Gasteiger partial charge in [-0.3, -0.25) is 14.5 Å². The van der Waals surface area contributed by atoms with Crippen LogP contribution >= 0.6 is 11.6 Å². The van der Waals surface area contributed by atoms with E-state index in [4.69, 9.17) is 11.6 Å². The molecule has 1 heterocycles. The van der Waals surface area contributed by atoms with Crippen LogP contribution in [-0.4, -0.2) is 29.3 Å². The first-order valence-electron chi connectivity index (χ1n) is 8.27. The molecule has 0 saturated carbocycles. The fourth-order valence-corrected chi connectivity index (χ4v) is 3.10. The lowest BCUT2D eigenvalue weighted by molar-refractivity contribution is -0.133. The molecule has 28 heavy (non-hydrogen) atoms. The summed E-state index contributed by atoms with van der Waals surface area (Å²) in [5.41, 5.74) is -0.927. The molecule has 3 rings (SSSR count). The predicted molar refractivity (Wildman–Crippen MR) is 98.8 cm³/mol. The van der Waals surface area contributed by atoms with Crippen LogP contribution < -0.4 is 10.6 Å². The number of anilines is 1. The highest BCUT2D eigenvalue weighted by Gasteiger charge is 2.50. The fraction of sp³-hybridized carbons (Fsp3) is 0.211. The minimum Gasteiger partial charge on any atom is -0.324 e. The average Bonchev–Trinajstić information content (AvgIpc) is 2.84. The maximum atomic E-state index is 14.1. The molecule has 1 aliphatic rings. The van der Waals surface area contributed by atoms with E-state index in [1.807, 2.05) is 0 Å². The van der Waals surface area contributed by atoms with Crippen molar-refractivity contribution in [2.24, 2.45) is 0 Å². The van der Waals surface area contributed by atoms with Gasteiger partial charge in [-0.25, -0.2) is 13.6 Å². The molecule has 4 amide bonds. The number of benzene rings is 2. The van der Waals surface area contributed by atoms with E-state index in [-0.39, 0.29) is 5.56 Å². The number of hydrogen-bond donors (Lipinski definition) is 2. The third-order valence-corrected chi connectivity index (χ3v) is 4.91. The number of aryl methyl sites for hydroxylation is 1. The third-order valence-electron chi connectivity index (χ3n) is 4.50. The number of hydrogen-bond acceptors (Lipinski definition) is 3. The highest BCUT2D eigenvalue weighted by Crippen LogP contribution is 2.31. The maximum Gasteiger partial charge on any atom is 0.325 e. The summed E-state index contributed by atoms with van der Waals surface area (Å²) in [5.74, 6) is -3.11. The van der Waals surface area contributed by atoms with Crippen LogP contribution in [-0.2, 0) is 15.1 Å². The Kier molecular flexibility index (Phi) is 5.08. The Morgan fingerprint density at radius 2 is 1.93 bits per heavy atom. The van der Waals surface area contributed by atoms with Crippen LogP contribution in [0.4, 0.5) is 19.3 Å². The zero-order chi connectivity index (χ0) is 20.6. The molecule has 6 nitrogen and oxygen atoms in total. The van der Waals surface area contributed by atoms with Gasteiger partial charge in [-0.1, -0.05) is 17.7 Å². The lowest BCUT2D eigenvalue weighted by Gasteiger charge is -2.22. The predicted octanol–water partition coefficient (Wildman–Crippen LogP) is 3.33. The molecule has 0 unspecified atom stereocenters. The summed E-state index contributed by atoms with van der Waals surface area (Å²) in [6.07, 6.45) is 0. The number of carbonyl (C=O) groups excluding carboxylic acids is 3. The Morgan fingerprint density at radius 1 is 1.21 bits per heavy atom. The first kappa shape index (κ1) is 19.8. The standard InChI is InChI=1S/C19H16ClF2N3O3/c1-10-3-5-12(8-14(10)20)23-16(26)9-25-17(27)19(2,24-18(25)28)13-7-11(21)4-6-15(13)22/h3-8H,9H2,1-2H3,(H,23,26)(H,24,28)/t19-/m0/s1. The number of nitrogens with zero attached hydrogens (tertiary/aromatic N) is 1. The van der Waals surface area contributed by atoms with Gasteiger partial charge in [0.1, 0.15) is 23.7 Å². The van der Waals surface area contributed by atoms with Crippen molar-refractivity contribution in [2.45, 2.75) is 19.4 Å². The van der Waals surface area contributed by atoms with Crippen LogP contribution in [0.3, 0.4) is 0 Å². The van der Waals surface area contributed by atoms with Crippen LogP contribution in [0.1, 0.15) is 18.1 Å². The molecule has 0 aromatic heterocycles. The molecular formula is C19H16ClF2N3O3. The van der Waals surface area contributed by atoms with E-state index in [1.54, 1.807) is 19.1 Å². The SMILES string of the molecule is Cc1ccc(NC(=O)CN2C(=O)N[C@@](C)(c3cc(F)ccc3F)C2=O)cc1Cl. The van der Waals surface area contributed by atoms with Gasteiger partial charge in [0.2, 0.25) is 5.91 Å². The Hall–Kier alpha value is -3.00. The van der Waals surface area contributed by atoms with E-state index in [0.717, 1.165) is 23.8 Å². The minimum atomic E-state index is -1.82. The van der Waals surface area contributed by atoms with E-state index in [9.17, 15) is 23.2 Å². The second kappa shape index (κ2) is 7.20. The van der Waals surface area contributed by atoms with Crippen molar-refractivity contribution < 1.29 is 23.2 Å². The summed E-state index contributed by atoms with van der Waals surface area (Å²) < 4.78 is 27.7. The molecule has 1 atom stereocenters. The average molecular weight is 408 g/mol. The first-order valence-corrected chi connectivity index (χ1v) is 8.65. The van der Waals surface area contributed by atoms with Crippen LogP contribution in [0.25, 0.3) is 0 Å². The lowest BCUT2D eigenvalue weighted by atomic mass is 9.91. The minimum absolute atomic E-state index is 0.320. The lowest BCUT2D eigenvalue weighted by Crippen LogP contribution is -2.42.